The number of hydrazine groups is 1. The van der Waals surface area contributed by atoms with Crippen molar-refractivity contribution in [3.05, 3.63) is 0 Å². The summed E-state index contributed by atoms with van der Waals surface area (Å²) in [5, 5.41) is 0. The Morgan fingerprint density at radius 2 is 0.900 bits per heavy atom. The lowest BCUT2D eigenvalue weighted by Crippen LogP contribution is -2.41. The fourth-order valence-electron chi connectivity index (χ4n) is 0.333. The highest BCUT2D eigenvalue weighted by molar-refractivity contribution is 5.85. The molecule has 2 nitrogen and oxygen atoms in total. The van der Waals surface area contributed by atoms with Gasteiger partial charge >= 0.3 is 0 Å². The van der Waals surface area contributed by atoms with E-state index in [2.05, 4.69) is 38.5 Å². The lowest BCUT2D eigenvalue weighted by molar-refractivity contribution is 0.428. The third kappa shape index (κ3) is 15.8. The Morgan fingerprint density at radius 1 is 0.700 bits per heavy atom. The number of rotatable bonds is 3. The predicted molar refractivity (Wildman–Crippen MR) is 51.0 cm³/mol. The summed E-state index contributed by atoms with van der Waals surface area (Å²) in [4.78, 5) is 0. The fourth-order valence-corrected chi connectivity index (χ4v) is 0.333. The van der Waals surface area contributed by atoms with Crippen molar-refractivity contribution in [2.24, 2.45) is 0 Å². The van der Waals surface area contributed by atoms with Crippen LogP contribution < -0.4 is 10.9 Å². The Bertz CT molecular complexity index is 49.7. The van der Waals surface area contributed by atoms with Gasteiger partial charge in [0.1, 0.15) is 0 Å². The topological polar surface area (TPSA) is 24.1 Å². The van der Waals surface area contributed by atoms with Crippen LogP contribution in [0.2, 0.25) is 0 Å². The van der Waals surface area contributed by atoms with Crippen LogP contribution >= 0.6 is 24.8 Å². The van der Waals surface area contributed by atoms with Crippen LogP contribution in [0, 0.1) is 0 Å². The third-order valence-electron chi connectivity index (χ3n) is 0.661. The maximum absolute atomic E-state index is 3.09. The molecule has 0 radical (unpaired) electrons. The second-order valence-corrected chi connectivity index (χ2v) is 2.60. The molecule has 0 fully saturated rings. The van der Waals surface area contributed by atoms with E-state index in [1.807, 2.05) is 0 Å². The molecule has 0 aromatic rings. The van der Waals surface area contributed by atoms with Gasteiger partial charge in [0.15, 0.2) is 0 Å². The van der Waals surface area contributed by atoms with Crippen molar-refractivity contribution in [2.75, 3.05) is 0 Å². The zero-order valence-corrected chi connectivity index (χ0v) is 8.60. The van der Waals surface area contributed by atoms with Crippen molar-refractivity contribution in [1.29, 1.82) is 0 Å². The van der Waals surface area contributed by atoms with Gasteiger partial charge in [0.2, 0.25) is 0 Å². The van der Waals surface area contributed by atoms with Gasteiger partial charge in [0.25, 0.3) is 0 Å². The van der Waals surface area contributed by atoms with Gasteiger partial charge in [-0.15, -0.1) is 24.8 Å². The lowest BCUT2D eigenvalue weighted by Gasteiger charge is -2.11. The van der Waals surface area contributed by atoms with Gasteiger partial charge < -0.3 is 0 Å². The summed E-state index contributed by atoms with van der Waals surface area (Å²) in [5.74, 6) is 0. The summed E-state index contributed by atoms with van der Waals surface area (Å²) >= 11 is 0. The lowest BCUT2D eigenvalue weighted by atomic mass is 10.4. The molecule has 0 amide bonds. The molecule has 0 bridgehead atoms. The van der Waals surface area contributed by atoms with E-state index >= 15 is 0 Å². The SMILES string of the molecule is CC(C)NNC(C)C.Cl.Cl. The van der Waals surface area contributed by atoms with E-state index in [9.17, 15) is 0 Å². The standard InChI is InChI=1S/C6H16N2.2ClH/c1-5(2)7-8-6(3)4;;/h5-8H,1-4H3;2*1H. The minimum Gasteiger partial charge on any atom is -0.255 e. The van der Waals surface area contributed by atoms with Crippen LogP contribution in [0.4, 0.5) is 0 Å². The molecule has 0 saturated carbocycles. The molecule has 0 saturated heterocycles. The molecule has 0 aromatic carbocycles. The molecular formula is C6H18Cl2N2. The fraction of sp³-hybridized carbons (Fsp3) is 1.00. The molecule has 0 rings (SSSR count). The highest BCUT2D eigenvalue weighted by atomic mass is 35.5. The maximum Gasteiger partial charge on any atom is 0.0156 e. The van der Waals surface area contributed by atoms with Crippen LogP contribution in [0.15, 0.2) is 0 Å². The zero-order valence-electron chi connectivity index (χ0n) is 6.97. The van der Waals surface area contributed by atoms with Gasteiger partial charge in [-0.3, -0.25) is 10.9 Å². The van der Waals surface area contributed by atoms with E-state index in [-0.39, 0.29) is 24.8 Å². The average Bonchev–Trinajstić information content (AvgIpc) is 1.61. The van der Waals surface area contributed by atoms with Crippen LogP contribution in [0.5, 0.6) is 0 Å². The van der Waals surface area contributed by atoms with Gasteiger partial charge in [-0.2, -0.15) is 0 Å². The Labute approximate surface area is 75.9 Å². The van der Waals surface area contributed by atoms with Crippen molar-refractivity contribution in [1.82, 2.24) is 10.9 Å². The monoisotopic (exact) mass is 188 g/mol. The van der Waals surface area contributed by atoms with Gasteiger partial charge in [-0.05, 0) is 27.7 Å². The third-order valence-corrected chi connectivity index (χ3v) is 0.661. The van der Waals surface area contributed by atoms with E-state index in [1.165, 1.54) is 0 Å². The second-order valence-electron chi connectivity index (χ2n) is 2.60. The smallest absolute Gasteiger partial charge is 0.0156 e. The minimum absolute atomic E-state index is 0. The second kappa shape index (κ2) is 9.50. The molecular weight excluding hydrogens is 171 g/mol. The van der Waals surface area contributed by atoms with E-state index in [0.29, 0.717) is 12.1 Å². The highest BCUT2D eigenvalue weighted by Gasteiger charge is 1.91. The first kappa shape index (κ1) is 16.8. The first-order valence-corrected chi connectivity index (χ1v) is 3.14. The summed E-state index contributed by atoms with van der Waals surface area (Å²) in [6.45, 7) is 8.43. The molecule has 0 unspecified atom stereocenters. The molecule has 0 atom stereocenters. The van der Waals surface area contributed by atoms with Gasteiger partial charge in [-0.25, -0.2) is 0 Å². The number of hydrogen-bond acceptors (Lipinski definition) is 2. The number of nitrogens with one attached hydrogen (secondary N) is 2. The molecule has 0 aliphatic heterocycles. The molecule has 4 heteroatoms. The average molecular weight is 189 g/mol. The van der Waals surface area contributed by atoms with Crippen LogP contribution in [0.1, 0.15) is 27.7 Å². The van der Waals surface area contributed by atoms with Crippen molar-refractivity contribution in [2.45, 2.75) is 39.8 Å². The maximum atomic E-state index is 3.09. The summed E-state index contributed by atoms with van der Waals surface area (Å²) in [6.07, 6.45) is 0. The molecule has 0 spiro atoms. The van der Waals surface area contributed by atoms with Gasteiger partial charge in [0.05, 0.1) is 0 Å². The quantitative estimate of drug-likeness (QED) is 0.661. The normalized spacial score (nSPS) is 9.00. The Kier molecular flexibility index (Phi) is 16.0. The highest BCUT2D eigenvalue weighted by Crippen LogP contribution is 1.74. The summed E-state index contributed by atoms with van der Waals surface area (Å²) in [6, 6.07) is 1.05. The molecule has 10 heavy (non-hydrogen) atoms. The molecule has 2 N–H and O–H groups in total. The molecule has 66 valence electrons. The van der Waals surface area contributed by atoms with Crippen LogP contribution in [0.25, 0.3) is 0 Å². The number of hydrogen-bond donors (Lipinski definition) is 2. The zero-order chi connectivity index (χ0) is 6.57. The Morgan fingerprint density at radius 3 is 1.00 bits per heavy atom. The van der Waals surface area contributed by atoms with E-state index in [0.717, 1.165) is 0 Å². The van der Waals surface area contributed by atoms with Gasteiger partial charge in [0, 0.05) is 12.1 Å². The minimum atomic E-state index is 0. The molecule has 0 aliphatic carbocycles. The van der Waals surface area contributed by atoms with Gasteiger partial charge in [-0.1, -0.05) is 0 Å². The number of halogens is 2. The van der Waals surface area contributed by atoms with E-state index in [1.54, 1.807) is 0 Å². The van der Waals surface area contributed by atoms with Crippen LogP contribution in [-0.2, 0) is 0 Å². The van der Waals surface area contributed by atoms with E-state index < -0.39 is 0 Å². The summed E-state index contributed by atoms with van der Waals surface area (Å²) in [7, 11) is 0. The van der Waals surface area contributed by atoms with Crippen molar-refractivity contribution >= 4 is 24.8 Å². The molecule has 0 aliphatic rings. The van der Waals surface area contributed by atoms with Crippen LogP contribution in [0.3, 0.4) is 0 Å². The summed E-state index contributed by atoms with van der Waals surface area (Å²) in [5.41, 5.74) is 6.19. The molecule has 0 heterocycles. The first-order chi connectivity index (χ1) is 3.63. The Hall–Kier alpha value is 0.500. The Balaban J connectivity index is -0.000000245. The van der Waals surface area contributed by atoms with Crippen molar-refractivity contribution < 1.29 is 0 Å². The predicted octanol–water partition coefficient (Wildman–Crippen LogP) is 1.74. The van der Waals surface area contributed by atoms with E-state index in [4.69, 9.17) is 0 Å². The van der Waals surface area contributed by atoms with Crippen molar-refractivity contribution in [3.63, 3.8) is 0 Å². The summed E-state index contributed by atoms with van der Waals surface area (Å²) < 4.78 is 0. The first-order valence-electron chi connectivity index (χ1n) is 3.14. The molecule has 0 aromatic heterocycles. The largest absolute Gasteiger partial charge is 0.255 e. The van der Waals surface area contributed by atoms with Crippen LogP contribution in [-0.4, -0.2) is 12.1 Å². The van der Waals surface area contributed by atoms with Crippen molar-refractivity contribution in [3.8, 4) is 0 Å².